The first kappa shape index (κ1) is 24.5. The molecule has 1 aliphatic heterocycles. The molecule has 0 unspecified atom stereocenters. The third-order valence-electron chi connectivity index (χ3n) is 5.43. The lowest BCUT2D eigenvalue weighted by Crippen LogP contribution is -2.49. The Hall–Kier alpha value is -3.11. The second-order valence-corrected chi connectivity index (χ2v) is 9.78. The van der Waals surface area contributed by atoms with Crippen LogP contribution in [0.2, 0.25) is 0 Å². The molecule has 1 fully saturated rings. The Balaban J connectivity index is 1.43. The second kappa shape index (κ2) is 11.2. The van der Waals surface area contributed by atoms with Crippen molar-refractivity contribution in [3.8, 4) is 5.75 Å². The van der Waals surface area contributed by atoms with Crippen molar-refractivity contribution in [2.75, 3.05) is 31.6 Å². The minimum Gasteiger partial charge on any atom is -0.494 e. The number of piperidine rings is 1. The highest BCUT2D eigenvalue weighted by Gasteiger charge is 2.32. The average molecular weight is 475 g/mol. The molecule has 1 aliphatic rings. The number of anilines is 1. The van der Waals surface area contributed by atoms with Crippen LogP contribution in [0.5, 0.6) is 5.75 Å². The third-order valence-corrected chi connectivity index (χ3v) is 7.34. The SMILES string of the molecule is CCOc1ccc(S(=O)(=O)N2CCC(C(=O)NNC(=O)CNc3ccc(C)cc3)CC2)cc1. The lowest BCUT2D eigenvalue weighted by atomic mass is 9.98. The predicted molar refractivity (Wildman–Crippen MR) is 125 cm³/mol. The molecule has 0 aromatic heterocycles. The smallest absolute Gasteiger partial charge is 0.257 e. The first-order valence-corrected chi connectivity index (χ1v) is 12.4. The number of hydrogen-bond acceptors (Lipinski definition) is 6. The molecule has 2 aromatic rings. The number of amides is 2. The van der Waals surface area contributed by atoms with Gasteiger partial charge >= 0.3 is 0 Å². The van der Waals surface area contributed by atoms with E-state index >= 15 is 0 Å². The summed E-state index contributed by atoms with van der Waals surface area (Å²) in [5.41, 5.74) is 6.77. The maximum atomic E-state index is 12.9. The van der Waals surface area contributed by atoms with Gasteiger partial charge < -0.3 is 10.1 Å². The van der Waals surface area contributed by atoms with E-state index in [0.29, 0.717) is 25.2 Å². The zero-order valence-corrected chi connectivity index (χ0v) is 19.7. The van der Waals surface area contributed by atoms with Crippen molar-refractivity contribution in [3.63, 3.8) is 0 Å². The van der Waals surface area contributed by atoms with Gasteiger partial charge in [0.05, 0.1) is 18.0 Å². The molecule has 10 heteroatoms. The molecule has 3 rings (SSSR count). The van der Waals surface area contributed by atoms with E-state index in [0.717, 1.165) is 11.3 Å². The van der Waals surface area contributed by atoms with Crippen LogP contribution in [-0.2, 0) is 19.6 Å². The van der Waals surface area contributed by atoms with Gasteiger partial charge in [-0.05, 0) is 63.1 Å². The molecule has 0 spiro atoms. The monoisotopic (exact) mass is 474 g/mol. The fraction of sp³-hybridized carbons (Fsp3) is 0.391. The van der Waals surface area contributed by atoms with Crippen LogP contribution in [0.4, 0.5) is 5.69 Å². The summed E-state index contributed by atoms with van der Waals surface area (Å²) in [5, 5.41) is 2.98. The number of hydrazine groups is 1. The molecule has 1 heterocycles. The molecule has 0 bridgehead atoms. The topological polar surface area (TPSA) is 117 Å². The number of sulfonamides is 1. The van der Waals surface area contributed by atoms with Crippen molar-refractivity contribution < 1.29 is 22.7 Å². The fourth-order valence-electron chi connectivity index (χ4n) is 3.51. The fourth-order valence-corrected chi connectivity index (χ4v) is 4.98. The van der Waals surface area contributed by atoms with Crippen LogP contribution in [0.25, 0.3) is 0 Å². The summed E-state index contributed by atoms with van der Waals surface area (Å²) < 4.78 is 32.5. The van der Waals surface area contributed by atoms with Gasteiger partial charge in [-0.1, -0.05) is 17.7 Å². The van der Waals surface area contributed by atoms with Gasteiger partial charge in [-0.2, -0.15) is 4.31 Å². The zero-order valence-electron chi connectivity index (χ0n) is 18.8. The van der Waals surface area contributed by atoms with E-state index in [1.165, 1.54) is 16.4 Å². The molecule has 0 saturated carbocycles. The number of carbonyl (C=O) groups is 2. The largest absolute Gasteiger partial charge is 0.494 e. The number of carbonyl (C=O) groups excluding carboxylic acids is 2. The van der Waals surface area contributed by atoms with Crippen LogP contribution in [0.15, 0.2) is 53.4 Å². The van der Waals surface area contributed by atoms with Crippen LogP contribution >= 0.6 is 0 Å². The van der Waals surface area contributed by atoms with Gasteiger partial charge in [-0.15, -0.1) is 0 Å². The van der Waals surface area contributed by atoms with Gasteiger partial charge in [0.25, 0.3) is 5.91 Å². The minimum atomic E-state index is -3.64. The Morgan fingerprint density at radius 3 is 2.24 bits per heavy atom. The number of ether oxygens (including phenoxy) is 1. The molecule has 0 radical (unpaired) electrons. The van der Waals surface area contributed by atoms with E-state index < -0.39 is 10.0 Å². The molecule has 2 aromatic carbocycles. The molecular weight excluding hydrogens is 444 g/mol. The maximum absolute atomic E-state index is 12.9. The summed E-state index contributed by atoms with van der Waals surface area (Å²) in [6, 6.07) is 13.9. The summed E-state index contributed by atoms with van der Waals surface area (Å²) in [4.78, 5) is 24.6. The summed E-state index contributed by atoms with van der Waals surface area (Å²) >= 11 is 0. The Morgan fingerprint density at radius 2 is 1.64 bits per heavy atom. The molecule has 0 aliphatic carbocycles. The number of rotatable bonds is 8. The number of nitrogens with one attached hydrogen (secondary N) is 3. The Labute approximate surface area is 194 Å². The standard InChI is InChI=1S/C23H30N4O5S/c1-3-32-20-8-10-21(11-9-20)33(30,31)27-14-12-18(13-15-27)23(29)26-25-22(28)16-24-19-6-4-17(2)5-7-19/h4-11,18,24H,3,12-16H2,1-2H3,(H,25,28)(H,26,29). The molecule has 0 atom stereocenters. The van der Waals surface area contributed by atoms with E-state index in [1.807, 2.05) is 38.1 Å². The van der Waals surface area contributed by atoms with Gasteiger partial charge in [-0.25, -0.2) is 8.42 Å². The molecule has 33 heavy (non-hydrogen) atoms. The molecule has 9 nitrogen and oxygen atoms in total. The average Bonchev–Trinajstić information content (AvgIpc) is 2.83. The second-order valence-electron chi connectivity index (χ2n) is 7.84. The van der Waals surface area contributed by atoms with Gasteiger partial charge in [0.15, 0.2) is 0 Å². The van der Waals surface area contributed by atoms with Crippen molar-refractivity contribution in [1.29, 1.82) is 0 Å². The van der Waals surface area contributed by atoms with Crippen LogP contribution in [0.1, 0.15) is 25.3 Å². The highest BCUT2D eigenvalue weighted by molar-refractivity contribution is 7.89. The lowest BCUT2D eigenvalue weighted by molar-refractivity contribution is -0.131. The minimum absolute atomic E-state index is 0.0160. The Kier molecular flexibility index (Phi) is 8.29. The van der Waals surface area contributed by atoms with Gasteiger partial charge in [0, 0.05) is 24.7 Å². The first-order valence-electron chi connectivity index (χ1n) is 10.9. The predicted octanol–water partition coefficient (Wildman–Crippen LogP) is 2.05. The summed E-state index contributed by atoms with van der Waals surface area (Å²) in [7, 11) is -3.64. The molecular formula is C23H30N4O5S. The van der Waals surface area contributed by atoms with Crippen molar-refractivity contribution in [1.82, 2.24) is 15.2 Å². The number of aryl methyl sites for hydroxylation is 1. The summed E-state index contributed by atoms with van der Waals surface area (Å²) in [6.45, 7) is 4.82. The number of hydrogen-bond donors (Lipinski definition) is 3. The first-order chi connectivity index (χ1) is 15.8. The number of benzene rings is 2. The maximum Gasteiger partial charge on any atom is 0.257 e. The molecule has 178 valence electrons. The lowest BCUT2D eigenvalue weighted by Gasteiger charge is -2.30. The molecule has 2 amide bonds. The summed E-state index contributed by atoms with van der Waals surface area (Å²) in [5.74, 6) is -0.457. The van der Waals surface area contributed by atoms with E-state index in [2.05, 4.69) is 16.2 Å². The molecule has 3 N–H and O–H groups in total. The Morgan fingerprint density at radius 1 is 1.00 bits per heavy atom. The van der Waals surface area contributed by atoms with Crippen molar-refractivity contribution in [2.24, 2.45) is 5.92 Å². The summed E-state index contributed by atoms with van der Waals surface area (Å²) in [6.07, 6.45) is 0.749. The van der Waals surface area contributed by atoms with Crippen molar-refractivity contribution in [3.05, 3.63) is 54.1 Å². The molecule has 1 saturated heterocycles. The van der Waals surface area contributed by atoms with E-state index in [1.54, 1.807) is 12.1 Å². The van der Waals surface area contributed by atoms with Gasteiger partial charge in [0.1, 0.15) is 5.75 Å². The Bertz CT molecular complexity index is 1050. The normalized spacial score (nSPS) is 15.0. The van der Waals surface area contributed by atoms with Gasteiger partial charge in [-0.3, -0.25) is 20.4 Å². The van der Waals surface area contributed by atoms with Crippen LogP contribution < -0.4 is 20.9 Å². The van der Waals surface area contributed by atoms with E-state index in [9.17, 15) is 18.0 Å². The van der Waals surface area contributed by atoms with E-state index in [4.69, 9.17) is 4.74 Å². The van der Waals surface area contributed by atoms with Crippen LogP contribution in [0, 0.1) is 12.8 Å². The van der Waals surface area contributed by atoms with Crippen LogP contribution in [0.3, 0.4) is 0 Å². The van der Waals surface area contributed by atoms with Crippen LogP contribution in [-0.4, -0.2) is 50.8 Å². The zero-order chi connectivity index (χ0) is 23.8. The van der Waals surface area contributed by atoms with Crippen molar-refractivity contribution in [2.45, 2.75) is 31.6 Å². The quantitative estimate of drug-likeness (QED) is 0.504. The highest BCUT2D eigenvalue weighted by Crippen LogP contribution is 2.25. The highest BCUT2D eigenvalue weighted by atomic mass is 32.2. The van der Waals surface area contributed by atoms with E-state index in [-0.39, 0.29) is 42.3 Å². The van der Waals surface area contributed by atoms with Crippen molar-refractivity contribution >= 4 is 27.5 Å². The number of nitrogens with zero attached hydrogens (tertiary/aromatic N) is 1. The third kappa shape index (κ3) is 6.69. The van der Waals surface area contributed by atoms with Gasteiger partial charge in [0.2, 0.25) is 15.9 Å².